The summed E-state index contributed by atoms with van der Waals surface area (Å²) < 4.78 is 10.8. The molecule has 1 heterocycles. The summed E-state index contributed by atoms with van der Waals surface area (Å²) >= 11 is 0. The number of rotatable bonds is 3. The van der Waals surface area contributed by atoms with Crippen LogP contribution in [0.1, 0.15) is 43.7 Å². The highest BCUT2D eigenvalue weighted by Gasteiger charge is 2.40. The van der Waals surface area contributed by atoms with E-state index in [0.29, 0.717) is 12.3 Å². The van der Waals surface area contributed by atoms with Gasteiger partial charge in [0.1, 0.15) is 0 Å². The normalized spacial score (nSPS) is 25.6. The van der Waals surface area contributed by atoms with Crippen LogP contribution in [0.25, 0.3) is 0 Å². The van der Waals surface area contributed by atoms with Gasteiger partial charge < -0.3 is 20.1 Å². The number of carbonyl (C=O) groups is 1. The topological polar surface area (TPSA) is 64.8 Å². The first kappa shape index (κ1) is 19.9. The van der Waals surface area contributed by atoms with Crippen LogP contribution in [0.5, 0.6) is 11.5 Å². The first-order valence-corrected chi connectivity index (χ1v) is 8.77. The Kier molecular flexibility index (Phi) is 6.22. The Bertz CT molecular complexity index is 633. The summed E-state index contributed by atoms with van der Waals surface area (Å²) in [5.74, 6) is 1.61. The van der Waals surface area contributed by atoms with Crippen LogP contribution < -0.4 is 15.2 Å². The zero-order valence-corrected chi connectivity index (χ0v) is 16.2. The SMILES string of the molecule is COc1cc2c(cc1OC)CN(C(=O)C1CCCCC1(C)N)CC2.Cl. The van der Waals surface area contributed by atoms with Crippen LogP contribution in [0.15, 0.2) is 12.1 Å². The second-order valence-electron chi connectivity index (χ2n) is 7.29. The molecule has 1 aliphatic heterocycles. The molecule has 1 aromatic rings. The summed E-state index contributed by atoms with van der Waals surface area (Å²) in [5.41, 5.74) is 8.41. The Morgan fingerprint density at radius 1 is 1.20 bits per heavy atom. The fourth-order valence-electron chi connectivity index (χ4n) is 4.06. The number of ether oxygens (including phenoxy) is 2. The third-order valence-corrected chi connectivity index (χ3v) is 5.58. The van der Waals surface area contributed by atoms with Crippen LogP contribution in [-0.2, 0) is 17.8 Å². The van der Waals surface area contributed by atoms with E-state index in [1.54, 1.807) is 14.2 Å². The number of benzene rings is 1. The number of carbonyl (C=O) groups excluding carboxylic acids is 1. The van der Waals surface area contributed by atoms with Gasteiger partial charge in [-0.25, -0.2) is 0 Å². The van der Waals surface area contributed by atoms with E-state index in [2.05, 4.69) is 0 Å². The molecule has 0 aromatic heterocycles. The van der Waals surface area contributed by atoms with Crippen molar-refractivity contribution in [3.8, 4) is 11.5 Å². The van der Waals surface area contributed by atoms with Gasteiger partial charge in [0.15, 0.2) is 11.5 Å². The van der Waals surface area contributed by atoms with Crippen molar-refractivity contribution in [3.63, 3.8) is 0 Å². The van der Waals surface area contributed by atoms with Gasteiger partial charge >= 0.3 is 0 Å². The molecular weight excluding hydrogens is 340 g/mol. The molecule has 6 heteroatoms. The molecule has 0 saturated heterocycles. The number of hydrogen-bond acceptors (Lipinski definition) is 4. The maximum Gasteiger partial charge on any atom is 0.227 e. The Morgan fingerprint density at radius 2 is 1.84 bits per heavy atom. The number of amides is 1. The molecule has 5 nitrogen and oxygen atoms in total. The van der Waals surface area contributed by atoms with Crippen molar-refractivity contribution < 1.29 is 14.3 Å². The molecule has 2 N–H and O–H groups in total. The Hall–Kier alpha value is -1.46. The van der Waals surface area contributed by atoms with Gasteiger partial charge in [-0.15, -0.1) is 12.4 Å². The van der Waals surface area contributed by atoms with Crippen LogP contribution in [0.4, 0.5) is 0 Å². The zero-order valence-electron chi connectivity index (χ0n) is 15.3. The number of methoxy groups -OCH3 is 2. The van der Waals surface area contributed by atoms with Gasteiger partial charge in [-0.1, -0.05) is 12.8 Å². The first-order valence-electron chi connectivity index (χ1n) is 8.77. The predicted octanol–water partition coefficient (Wildman–Crippen LogP) is 2.92. The van der Waals surface area contributed by atoms with Gasteiger partial charge in [0.25, 0.3) is 0 Å². The van der Waals surface area contributed by atoms with E-state index in [-0.39, 0.29) is 29.8 Å². The molecule has 0 radical (unpaired) electrons. The standard InChI is InChI=1S/C19H28N2O3.ClH/c1-19(20)8-5-4-6-15(19)18(22)21-9-7-13-10-16(23-2)17(24-3)11-14(13)12-21;/h10-11,15H,4-9,12,20H2,1-3H3;1H. The molecule has 0 spiro atoms. The number of fused-ring (bicyclic) bond motifs is 1. The largest absolute Gasteiger partial charge is 0.493 e. The minimum Gasteiger partial charge on any atom is -0.493 e. The van der Waals surface area contributed by atoms with Crippen molar-refractivity contribution in [1.29, 1.82) is 0 Å². The Labute approximate surface area is 156 Å². The lowest BCUT2D eigenvalue weighted by molar-refractivity contribution is -0.139. The van der Waals surface area contributed by atoms with E-state index in [1.807, 2.05) is 24.0 Å². The summed E-state index contributed by atoms with van der Waals surface area (Å²) in [6.45, 7) is 3.40. The monoisotopic (exact) mass is 368 g/mol. The summed E-state index contributed by atoms with van der Waals surface area (Å²) in [5, 5.41) is 0. The molecule has 1 aliphatic carbocycles. The lowest BCUT2D eigenvalue weighted by Crippen LogP contribution is -2.54. The molecule has 2 unspecified atom stereocenters. The zero-order chi connectivity index (χ0) is 17.3. The highest BCUT2D eigenvalue weighted by atomic mass is 35.5. The number of nitrogens with zero attached hydrogens (tertiary/aromatic N) is 1. The molecular formula is C19H29ClN2O3. The predicted molar refractivity (Wildman–Crippen MR) is 100 cm³/mol. The quantitative estimate of drug-likeness (QED) is 0.890. The van der Waals surface area contributed by atoms with Gasteiger partial charge in [-0.3, -0.25) is 4.79 Å². The van der Waals surface area contributed by atoms with Crippen LogP contribution in [-0.4, -0.2) is 37.1 Å². The van der Waals surface area contributed by atoms with Gasteiger partial charge in [0, 0.05) is 18.6 Å². The summed E-state index contributed by atoms with van der Waals surface area (Å²) in [4.78, 5) is 15.0. The fourth-order valence-corrected chi connectivity index (χ4v) is 4.06. The Morgan fingerprint density at radius 3 is 2.44 bits per heavy atom. The highest BCUT2D eigenvalue weighted by Crippen LogP contribution is 2.36. The maximum absolute atomic E-state index is 13.0. The van der Waals surface area contributed by atoms with Gasteiger partial charge in [0.05, 0.1) is 20.1 Å². The second-order valence-corrected chi connectivity index (χ2v) is 7.29. The minimum absolute atomic E-state index is 0. The molecule has 1 aromatic carbocycles. The summed E-state index contributed by atoms with van der Waals surface area (Å²) in [6.07, 6.45) is 4.89. The van der Waals surface area contributed by atoms with Crippen LogP contribution in [0.3, 0.4) is 0 Å². The van der Waals surface area contributed by atoms with Crippen molar-refractivity contribution in [3.05, 3.63) is 23.3 Å². The lowest BCUT2D eigenvalue weighted by atomic mass is 9.73. The van der Waals surface area contributed by atoms with Gasteiger partial charge in [0.2, 0.25) is 5.91 Å². The molecule has 1 saturated carbocycles. The first-order chi connectivity index (χ1) is 11.5. The van der Waals surface area contributed by atoms with Crippen molar-refractivity contribution in [2.45, 2.75) is 51.1 Å². The summed E-state index contributed by atoms with van der Waals surface area (Å²) in [6, 6.07) is 4.03. The molecule has 25 heavy (non-hydrogen) atoms. The van der Waals surface area contributed by atoms with E-state index >= 15 is 0 Å². The van der Waals surface area contributed by atoms with E-state index in [0.717, 1.165) is 50.0 Å². The molecule has 3 rings (SSSR count). The van der Waals surface area contributed by atoms with Crippen molar-refractivity contribution >= 4 is 18.3 Å². The third-order valence-electron chi connectivity index (χ3n) is 5.58. The molecule has 2 atom stereocenters. The van der Waals surface area contributed by atoms with Crippen LogP contribution in [0.2, 0.25) is 0 Å². The van der Waals surface area contributed by atoms with E-state index < -0.39 is 0 Å². The van der Waals surface area contributed by atoms with E-state index in [1.165, 1.54) is 5.56 Å². The lowest BCUT2D eigenvalue weighted by Gasteiger charge is -2.41. The highest BCUT2D eigenvalue weighted by molar-refractivity contribution is 5.85. The molecule has 0 bridgehead atoms. The maximum atomic E-state index is 13.0. The summed E-state index contributed by atoms with van der Waals surface area (Å²) in [7, 11) is 3.28. The van der Waals surface area contributed by atoms with Crippen LogP contribution >= 0.6 is 12.4 Å². The molecule has 140 valence electrons. The fraction of sp³-hybridized carbons (Fsp3) is 0.632. The average molecular weight is 369 g/mol. The van der Waals surface area contributed by atoms with Crippen molar-refractivity contribution in [1.82, 2.24) is 4.90 Å². The van der Waals surface area contributed by atoms with Crippen LogP contribution in [0, 0.1) is 5.92 Å². The second kappa shape index (κ2) is 7.83. The number of halogens is 1. The van der Waals surface area contributed by atoms with Crippen molar-refractivity contribution in [2.75, 3.05) is 20.8 Å². The van der Waals surface area contributed by atoms with E-state index in [4.69, 9.17) is 15.2 Å². The minimum atomic E-state index is -0.382. The van der Waals surface area contributed by atoms with E-state index in [9.17, 15) is 4.79 Å². The number of nitrogens with two attached hydrogens (primary N) is 1. The van der Waals surface area contributed by atoms with Gasteiger partial charge in [-0.05, 0) is 49.4 Å². The molecule has 2 aliphatic rings. The smallest absolute Gasteiger partial charge is 0.227 e. The Balaban J connectivity index is 0.00000225. The average Bonchev–Trinajstić information content (AvgIpc) is 2.59. The van der Waals surface area contributed by atoms with Gasteiger partial charge in [-0.2, -0.15) is 0 Å². The molecule has 1 amide bonds. The third kappa shape index (κ3) is 3.87. The number of hydrogen-bond donors (Lipinski definition) is 1. The van der Waals surface area contributed by atoms with Crippen molar-refractivity contribution in [2.24, 2.45) is 11.7 Å². The molecule has 1 fully saturated rings.